The summed E-state index contributed by atoms with van der Waals surface area (Å²) in [6.45, 7) is 2.07. The van der Waals surface area contributed by atoms with E-state index < -0.39 is 0 Å². The van der Waals surface area contributed by atoms with Gasteiger partial charge in [-0.3, -0.25) is 4.98 Å². The molecule has 0 radical (unpaired) electrons. The summed E-state index contributed by atoms with van der Waals surface area (Å²) in [6.07, 6.45) is 7.03. The zero-order chi connectivity index (χ0) is 11.8. The Kier molecular flexibility index (Phi) is 2.68. The van der Waals surface area contributed by atoms with Crippen molar-refractivity contribution in [3.05, 3.63) is 34.6 Å². The van der Waals surface area contributed by atoms with Gasteiger partial charge in [0.1, 0.15) is 5.01 Å². The average molecular weight is 245 g/mol. The molecule has 88 valence electrons. The molecule has 0 saturated carbocycles. The average Bonchev–Trinajstić information content (AvgIpc) is 2.75. The molecule has 1 aliphatic rings. The number of aryl methyl sites for hydroxylation is 2. The fraction of sp³-hybridized carbons (Fsp3) is 0.385. The van der Waals surface area contributed by atoms with Gasteiger partial charge in [0, 0.05) is 28.9 Å². The van der Waals surface area contributed by atoms with Gasteiger partial charge in [0.05, 0.1) is 5.69 Å². The van der Waals surface area contributed by atoms with Crippen molar-refractivity contribution in [2.24, 2.45) is 5.73 Å². The highest BCUT2D eigenvalue weighted by Crippen LogP contribution is 2.37. The van der Waals surface area contributed by atoms with E-state index in [4.69, 9.17) is 10.7 Å². The molecule has 2 aromatic heterocycles. The number of thiazole rings is 1. The summed E-state index contributed by atoms with van der Waals surface area (Å²) in [4.78, 5) is 10.1. The molecule has 0 aliphatic heterocycles. The van der Waals surface area contributed by atoms with E-state index in [-0.39, 0.29) is 6.04 Å². The third kappa shape index (κ3) is 1.87. The van der Waals surface area contributed by atoms with Crippen LogP contribution in [0.4, 0.5) is 0 Å². The Hall–Kier alpha value is -1.26. The molecule has 0 fully saturated rings. The zero-order valence-corrected chi connectivity index (χ0v) is 10.6. The van der Waals surface area contributed by atoms with E-state index in [0.29, 0.717) is 0 Å². The first-order valence-electron chi connectivity index (χ1n) is 5.92. The van der Waals surface area contributed by atoms with Gasteiger partial charge >= 0.3 is 0 Å². The molecule has 1 aliphatic carbocycles. The van der Waals surface area contributed by atoms with Crippen LogP contribution in [-0.2, 0) is 6.42 Å². The Labute approximate surface area is 105 Å². The molecule has 3 rings (SSSR count). The summed E-state index contributed by atoms with van der Waals surface area (Å²) in [5, 5.41) is 1.09. The maximum absolute atomic E-state index is 6.13. The van der Waals surface area contributed by atoms with E-state index in [1.165, 1.54) is 21.7 Å². The summed E-state index contributed by atoms with van der Waals surface area (Å²) in [6, 6.07) is 2.22. The Bertz CT molecular complexity index is 547. The highest BCUT2D eigenvalue weighted by Gasteiger charge is 2.22. The second-order valence-electron chi connectivity index (χ2n) is 4.52. The lowest BCUT2D eigenvalue weighted by Crippen LogP contribution is -2.15. The number of hydrogen-bond acceptors (Lipinski definition) is 4. The minimum atomic E-state index is 0.187. The smallest absolute Gasteiger partial charge is 0.124 e. The molecule has 2 aromatic rings. The minimum absolute atomic E-state index is 0.187. The monoisotopic (exact) mass is 245 g/mol. The Balaban J connectivity index is 2.08. The Morgan fingerprint density at radius 3 is 3.12 bits per heavy atom. The quantitative estimate of drug-likeness (QED) is 0.840. The van der Waals surface area contributed by atoms with Crippen LogP contribution in [-0.4, -0.2) is 9.97 Å². The number of rotatable bonds is 1. The van der Waals surface area contributed by atoms with Crippen LogP contribution in [0.3, 0.4) is 0 Å². The van der Waals surface area contributed by atoms with Crippen molar-refractivity contribution < 1.29 is 0 Å². The molecule has 4 heteroatoms. The van der Waals surface area contributed by atoms with Crippen molar-refractivity contribution in [3.63, 3.8) is 0 Å². The van der Waals surface area contributed by atoms with Crippen LogP contribution in [0.5, 0.6) is 0 Å². The predicted octanol–water partition coefficient (Wildman–Crippen LogP) is 2.85. The molecule has 2 N–H and O–H groups in total. The van der Waals surface area contributed by atoms with Crippen molar-refractivity contribution in [3.8, 4) is 10.6 Å². The van der Waals surface area contributed by atoms with Crippen LogP contribution < -0.4 is 5.73 Å². The fourth-order valence-corrected chi connectivity index (χ4v) is 3.52. The molecule has 0 spiro atoms. The molecule has 0 saturated heterocycles. The first-order valence-corrected chi connectivity index (χ1v) is 6.73. The minimum Gasteiger partial charge on any atom is -0.323 e. The standard InChI is InChI=1S/C13H15N3S/c1-8-7-15-6-5-9(8)13-16-11-4-2-3-10(14)12(11)17-13/h5-7,10H,2-4,14H2,1H3. The lowest BCUT2D eigenvalue weighted by molar-refractivity contribution is 0.573. The summed E-state index contributed by atoms with van der Waals surface area (Å²) >= 11 is 1.75. The van der Waals surface area contributed by atoms with Gasteiger partial charge in [-0.2, -0.15) is 0 Å². The topological polar surface area (TPSA) is 51.8 Å². The lowest BCUT2D eigenvalue weighted by atomic mass is 9.99. The number of fused-ring (bicyclic) bond motifs is 1. The van der Waals surface area contributed by atoms with E-state index in [1.807, 2.05) is 18.5 Å². The van der Waals surface area contributed by atoms with Crippen LogP contribution in [0.15, 0.2) is 18.5 Å². The van der Waals surface area contributed by atoms with Crippen LogP contribution >= 0.6 is 11.3 Å². The molecule has 0 aromatic carbocycles. The van der Waals surface area contributed by atoms with Gasteiger partial charge in [-0.1, -0.05) is 0 Å². The van der Waals surface area contributed by atoms with E-state index in [2.05, 4.69) is 11.9 Å². The fourth-order valence-electron chi connectivity index (χ4n) is 2.28. The molecule has 0 bridgehead atoms. The third-order valence-electron chi connectivity index (χ3n) is 3.24. The number of hydrogen-bond donors (Lipinski definition) is 1. The first-order chi connectivity index (χ1) is 8.25. The summed E-state index contributed by atoms with van der Waals surface area (Å²) in [5.41, 5.74) is 9.70. The van der Waals surface area contributed by atoms with Gasteiger partial charge in [0.2, 0.25) is 0 Å². The molecular weight excluding hydrogens is 230 g/mol. The van der Waals surface area contributed by atoms with Crippen molar-refractivity contribution in [2.75, 3.05) is 0 Å². The van der Waals surface area contributed by atoms with Crippen molar-refractivity contribution in [2.45, 2.75) is 32.2 Å². The van der Waals surface area contributed by atoms with Crippen LogP contribution in [0.2, 0.25) is 0 Å². The zero-order valence-electron chi connectivity index (χ0n) is 9.81. The largest absolute Gasteiger partial charge is 0.323 e. The molecule has 17 heavy (non-hydrogen) atoms. The molecular formula is C13H15N3S. The molecule has 2 heterocycles. The summed E-state index contributed by atoms with van der Waals surface area (Å²) < 4.78 is 0. The first kappa shape index (κ1) is 10.9. The van der Waals surface area contributed by atoms with Crippen molar-refractivity contribution >= 4 is 11.3 Å². The maximum atomic E-state index is 6.13. The van der Waals surface area contributed by atoms with Gasteiger partial charge in [0.25, 0.3) is 0 Å². The normalized spacial score (nSPS) is 19.1. The highest BCUT2D eigenvalue weighted by atomic mass is 32.1. The van der Waals surface area contributed by atoms with E-state index in [0.717, 1.165) is 24.3 Å². The predicted molar refractivity (Wildman–Crippen MR) is 69.9 cm³/mol. The van der Waals surface area contributed by atoms with E-state index in [1.54, 1.807) is 11.3 Å². The summed E-state index contributed by atoms with van der Waals surface area (Å²) in [7, 11) is 0. The number of nitrogens with zero attached hydrogens (tertiary/aromatic N) is 2. The van der Waals surface area contributed by atoms with Crippen molar-refractivity contribution in [1.29, 1.82) is 0 Å². The molecule has 1 unspecified atom stereocenters. The second-order valence-corrected chi connectivity index (χ2v) is 5.55. The van der Waals surface area contributed by atoms with E-state index >= 15 is 0 Å². The van der Waals surface area contributed by atoms with Gasteiger partial charge < -0.3 is 5.73 Å². The SMILES string of the molecule is Cc1cnccc1-c1nc2c(s1)C(N)CCC2. The Morgan fingerprint density at radius 1 is 1.47 bits per heavy atom. The van der Waals surface area contributed by atoms with Gasteiger partial charge in [-0.05, 0) is 37.8 Å². The van der Waals surface area contributed by atoms with Crippen LogP contribution in [0.25, 0.3) is 10.6 Å². The second kappa shape index (κ2) is 4.20. The van der Waals surface area contributed by atoms with Crippen molar-refractivity contribution in [1.82, 2.24) is 9.97 Å². The number of aromatic nitrogens is 2. The third-order valence-corrected chi connectivity index (χ3v) is 4.51. The number of pyridine rings is 1. The van der Waals surface area contributed by atoms with Crippen LogP contribution in [0.1, 0.15) is 35.0 Å². The molecule has 0 amide bonds. The number of nitrogens with two attached hydrogens (primary N) is 1. The van der Waals surface area contributed by atoms with Gasteiger partial charge in [-0.25, -0.2) is 4.98 Å². The molecule has 3 nitrogen and oxygen atoms in total. The van der Waals surface area contributed by atoms with Gasteiger partial charge in [0.15, 0.2) is 0 Å². The van der Waals surface area contributed by atoms with E-state index in [9.17, 15) is 0 Å². The van der Waals surface area contributed by atoms with Crippen LogP contribution in [0, 0.1) is 6.92 Å². The summed E-state index contributed by atoms with van der Waals surface area (Å²) in [5.74, 6) is 0. The Morgan fingerprint density at radius 2 is 2.35 bits per heavy atom. The molecule has 1 atom stereocenters. The van der Waals surface area contributed by atoms with Gasteiger partial charge in [-0.15, -0.1) is 11.3 Å². The highest BCUT2D eigenvalue weighted by molar-refractivity contribution is 7.15. The maximum Gasteiger partial charge on any atom is 0.124 e. The lowest BCUT2D eigenvalue weighted by Gasteiger charge is -2.15.